The van der Waals surface area contributed by atoms with Gasteiger partial charge in [0, 0.05) is 26.1 Å². The fraction of sp³-hybridized carbons (Fsp3) is 0.476. The number of aromatic nitrogens is 1. The number of rotatable bonds is 5. The third kappa shape index (κ3) is 4.13. The minimum Gasteiger partial charge on any atom is -0.506 e. The van der Waals surface area contributed by atoms with Crippen molar-refractivity contribution in [1.82, 2.24) is 9.88 Å². The lowest BCUT2D eigenvalue weighted by Crippen LogP contribution is -2.33. The van der Waals surface area contributed by atoms with Gasteiger partial charge in [0.05, 0.1) is 17.5 Å². The van der Waals surface area contributed by atoms with Gasteiger partial charge in [-0.05, 0) is 54.5 Å². The third-order valence-corrected chi connectivity index (χ3v) is 5.93. The molecule has 1 saturated heterocycles. The molecule has 6 heteroatoms. The van der Waals surface area contributed by atoms with Gasteiger partial charge in [-0.15, -0.1) is 0 Å². The molecule has 2 aromatic rings. The van der Waals surface area contributed by atoms with E-state index in [4.69, 9.17) is 0 Å². The van der Waals surface area contributed by atoms with Crippen LogP contribution in [-0.4, -0.2) is 50.4 Å². The lowest BCUT2D eigenvalue weighted by atomic mass is 9.91. The molecule has 1 aliphatic heterocycles. The van der Waals surface area contributed by atoms with Crippen LogP contribution in [0.1, 0.15) is 30.2 Å². The van der Waals surface area contributed by atoms with E-state index in [2.05, 4.69) is 9.88 Å². The summed E-state index contributed by atoms with van der Waals surface area (Å²) in [5, 5.41) is 30.7. The van der Waals surface area contributed by atoms with Crippen LogP contribution in [0.25, 0.3) is 0 Å². The molecule has 1 aliphatic carbocycles. The SMILES string of the molecule is Oc1ccc([C@@H](O)CN2C[C@@H]3C[C@](O)(Cc4ccc(F)cc4)C[C@@H]3C2)nc1. The number of benzene rings is 1. The maximum Gasteiger partial charge on any atom is 0.133 e. The summed E-state index contributed by atoms with van der Waals surface area (Å²) in [6.07, 6.45) is 2.67. The number of nitrogens with zero attached hydrogens (tertiary/aromatic N) is 2. The van der Waals surface area contributed by atoms with Crippen molar-refractivity contribution >= 4 is 0 Å². The van der Waals surface area contributed by atoms with Crippen LogP contribution in [0.3, 0.4) is 0 Å². The molecule has 0 bridgehead atoms. The van der Waals surface area contributed by atoms with E-state index in [0.717, 1.165) is 31.5 Å². The van der Waals surface area contributed by atoms with Crippen molar-refractivity contribution in [3.63, 3.8) is 0 Å². The maximum absolute atomic E-state index is 13.1. The summed E-state index contributed by atoms with van der Waals surface area (Å²) < 4.78 is 13.1. The number of aliphatic hydroxyl groups is 2. The highest BCUT2D eigenvalue weighted by atomic mass is 19.1. The van der Waals surface area contributed by atoms with Crippen LogP contribution >= 0.6 is 0 Å². The standard InChI is InChI=1S/C21H25FN2O3/c22-17-3-1-14(2-4-17)7-21(27)8-15-11-24(12-16(15)9-21)13-20(26)19-6-5-18(25)10-23-19/h1-6,10,15-16,20,25-27H,7-9,11-13H2/t15-,16+,20-,21+/m0/s1. The van der Waals surface area contributed by atoms with Gasteiger partial charge in [0.15, 0.2) is 0 Å². The number of hydrogen-bond donors (Lipinski definition) is 3. The Bertz CT molecular complexity index is 767. The lowest BCUT2D eigenvalue weighted by Gasteiger charge is -2.27. The second-order valence-electron chi connectivity index (χ2n) is 8.13. The summed E-state index contributed by atoms with van der Waals surface area (Å²) in [6, 6.07) is 9.53. The van der Waals surface area contributed by atoms with Crippen molar-refractivity contribution in [2.45, 2.75) is 31.0 Å². The van der Waals surface area contributed by atoms with E-state index in [-0.39, 0.29) is 11.6 Å². The van der Waals surface area contributed by atoms with Gasteiger partial charge >= 0.3 is 0 Å². The fourth-order valence-electron chi connectivity index (χ4n) is 4.77. The predicted molar refractivity (Wildman–Crippen MR) is 98.6 cm³/mol. The first kappa shape index (κ1) is 18.3. The molecule has 144 valence electrons. The van der Waals surface area contributed by atoms with Crippen LogP contribution in [0.4, 0.5) is 4.39 Å². The number of likely N-dealkylation sites (tertiary alicyclic amines) is 1. The molecule has 1 saturated carbocycles. The zero-order valence-electron chi connectivity index (χ0n) is 15.1. The summed E-state index contributed by atoms with van der Waals surface area (Å²) in [4.78, 5) is 6.30. The first-order valence-electron chi connectivity index (χ1n) is 9.42. The molecule has 4 atom stereocenters. The van der Waals surface area contributed by atoms with Crippen molar-refractivity contribution in [3.8, 4) is 5.75 Å². The lowest BCUT2D eigenvalue weighted by molar-refractivity contribution is 0.0327. The molecule has 4 rings (SSSR count). The number of pyridine rings is 1. The number of β-amino-alcohol motifs (C(OH)–C–C–N with tert-alkyl or cyclic N) is 1. The number of halogens is 1. The largest absolute Gasteiger partial charge is 0.506 e. The van der Waals surface area contributed by atoms with E-state index in [0.29, 0.717) is 30.5 Å². The van der Waals surface area contributed by atoms with E-state index in [1.807, 2.05) is 0 Å². The fourth-order valence-corrected chi connectivity index (χ4v) is 4.77. The second-order valence-corrected chi connectivity index (χ2v) is 8.13. The van der Waals surface area contributed by atoms with E-state index in [1.165, 1.54) is 24.4 Å². The number of fused-ring (bicyclic) bond motifs is 1. The monoisotopic (exact) mass is 372 g/mol. The highest BCUT2D eigenvalue weighted by Crippen LogP contribution is 2.45. The van der Waals surface area contributed by atoms with Gasteiger partial charge in [-0.1, -0.05) is 12.1 Å². The normalized spacial score (nSPS) is 29.0. The van der Waals surface area contributed by atoms with Gasteiger partial charge < -0.3 is 15.3 Å². The molecular weight excluding hydrogens is 347 g/mol. The number of aliphatic hydroxyl groups excluding tert-OH is 1. The van der Waals surface area contributed by atoms with Crippen molar-refractivity contribution in [3.05, 3.63) is 59.7 Å². The van der Waals surface area contributed by atoms with Crippen LogP contribution < -0.4 is 0 Å². The topological polar surface area (TPSA) is 76.8 Å². The highest BCUT2D eigenvalue weighted by molar-refractivity contribution is 5.20. The van der Waals surface area contributed by atoms with E-state index in [9.17, 15) is 19.7 Å². The molecule has 1 aromatic carbocycles. The summed E-state index contributed by atoms with van der Waals surface area (Å²) in [7, 11) is 0. The van der Waals surface area contributed by atoms with E-state index in [1.54, 1.807) is 18.2 Å². The third-order valence-electron chi connectivity index (χ3n) is 5.93. The Morgan fingerprint density at radius 3 is 2.37 bits per heavy atom. The summed E-state index contributed by atoms with van der Waals surface area (Å²) in [6.45, 7) is 2.21. The van der Waals surface area contributed by atoms with Crippen molar-refractivity contribution in [1.29, 1.82) is 0 Å². The molecule has 0 amide bonds. The predicted octanol–water partition coefficient (Wildman–Crippen LogP) is 2.28. The molecule has 3 N–H and O–H groups in total. The molecule has 2 aliphatic rings. The van der Waals surface area contributed by atoms with Crippen LogP contribution in [0.2, 0.25) is 0 Å². The second kappa shape index (κ2) is 7.19. The summed E-state index contributed by atoms with van der Waals surface area (Å²) in [5.74, 6) is 0.652. The molecule has 2 heterocycles. The summed E-state index contributed by atoms with van der Waals surface area (Å²) in [5.41, 5.74) is 0.790. The van der Waals surface area contributed by atoms with Crippen LogP contribution in [0.5, 0.6) is 5.75 Å². The average molecular weight is 372 g/mol. The molecule has 0 radical (unpaired) electrons. The number of aromatic hydroxyl groups is 1. The zero-order chi connectivity index (χ0) is 19.0. The van der Waals surface area contributed by atoms with Gasteiger partial charge in [-0.3, -0.25) is 9.88 Å². The molecule has 5 nitrogen and oxygen atoms in total. The molecule has 1 aromatic heterocycles. The highest BCUT2D eigenvalue weighted by Gasteiger charge is 2.48. The first-order valence-corrected chi connectivity index (χ1v) is 9.42. The molecule has 0 spiro atoms. The molecule has 2 fully saturated rings. The molecule has 27 heavy (non-hydrogen) atoms. The molecule has 0 unspecified atom stereocenters. The number of hydrogen-bond acceptors (Lipinski definition) is 5. The minimum absolute atomic E-state index is 0.0853. The van der Waals surface area contributed by atoms with Gasteiger partial charge in [0.1, 0.15) is 17.7 Å². The van der Waals surface area contributed by atoms with Gasteiger partial charge in [0.25, 0.3) is 0 Å². The smallest absolute Gasteiger partial charge is 0.133 e. The molecular formula is C21H25FN2O3. The van der Waals surface area contributed by atoms with Crippen molar-refractivity contribution in [2.24, 2.45) is 11.8 Å². The van der Waals surface area contributed by atoms with Crippen LogP contribution in [-0.2, 0) is 6.42 Å². The Morgan fingerprint density at radius 2 is 1.78 bits per heavy atom. The Morgan fingerprint density at radius 1 is 1.11 bits per heavy atom. The van der Waals surface area contributed by atoms with Crippen LogP contribution in [0, 0.1) is 17.7 Å². The first-order chi connectivity index (χ1) is 12.9. The van der Waals surface area contributed by atoms with Crippen LogP contribution in [0.15, 0.2) is 42.6 Å². The van der Waals surface area contributed by atoms with Gasteiger partial charge in [-0.2, -0.15) is 0 Å². The Balaban J connectivity index is 1.32. The summed E-state index contributed by atoms with van der Waals surface area (Å²) >= 11 is 0. The maximum atomic E-state index is 13.1. The van der Waals surface area contributed by atoms with Crippen molar-refractivity contribution in [2.75, 3.05) is 19.6 Å². The quantitative estimate of drug-likeness (QED) is 0.751. The minimum atomic E-state index is -0.726. The average Bonchev–Trinajstić information content (AvgIpc) is 3.11. The van der Waals surface area contributed by atoms with E-state index < -0.39 is 11.7 Å². The van der Waals surface area contributed by atoms with Gasteiger partial charge in [0.2, 0.25) is 0 Å². The zero-order valence-corrected chi connectivity index (χ0v) is 15.1. The Hall–Kier alpha value is -2.02. The van der Waals surface area contributed by atoms with E-state index >= 15 is 0 Å². The van der Waals surface area contributed by atoms with Crippen molar-refractivity contribution < 1.29 is 19.7 Å². The Labute approximate surface area is 158 Å². The van der Waals surface area contributed by atoms with Gasteiger partial charge in [-0.25, -0.2) is 4.39 Å². The Kier molecular flexibility index (Phi) is 4.88.